The molecule has 0 spiro atoms. The lowest BCUT2D eigenvalue weighted by Crippen LogP contribution is -2.36. The Bertz CT molecular complexity index is 1200. The summed E-state index contributed by atoms with van der Waals surface area (Å²) in [6.45, 7) is 2.84. The summed E-state index contributed by atoms with van der Waals surface area (Å²) in [5.41, 5.74) is 1.11. The number of nitrogens with one attached hydrogen (secondary N) is 1. The van der Waals surface area contributed by atoms with Crippen LogP contribution >= 0.6 is 11.8 Å². The molecular weight excluding hydrogens is 450 g/mol. The van der Waals surface area contributed by atoms with E-state index in [2.05, 4.69) is 15.5 Å². The molecule has 0 unspecified atom stereocenters. The second-order valence-electron chi connectivity index (χ2n) is 7.62. The number of carbonyl (C=O) groups is 1. The zero-order chi connectivity index (χ0) is 22.7. The molecule has 0 atom stereocenters. The lowest BCUT2D eigenvalue weighted by molar-refractivity contribution is -0.113. The SMILES string of the molecule is Cc1ccc(NC(=O)CSc2nnc(-c3ccco3)n2C)cc1S(=O)(=O)N1CCCCC1. The Morgan fingerprint density at radius 3 is 2.69 bits per heavy atom. The van der Waals surface area contributed by atoms with Gasteiger partial charge in [0.15, 0.2) is 16.7 Å². The van der Waals surface area contributed by atoms with Gasteiger partial charge in [0.25, 0.3) is 0 Å². The predicted molar refractivity (Wildman–Crippen MR) is 122 cm³/mol. The van der Waals surface area contributed by atoms with Crippen molar-refractivity contribution in [3.63, 3.8) is 0 Å². The first-order valence-electron chi connectivity index (χ1n) is 10.3. The van der Waals surface area contributed by atoms with Gasteiger partial charge in [-0.3, -0.25) is 4.79 Å². The number of furan rings is 1. The van der Waals surface area contributed by atoms with E-state index in [-0.39, 0.29) is 16.6 Å². The summed E-state index contributed by atoms with van der Waals surface area (Å²) in [5, 5.41) is 11.6. The molecule has 4 rings (SSSR count). The summed E-state index contributed by atoms with van der Waals surface area (Å²) in [7, 11) is -1.78. The molecule has 0 radical (unpaired) electrons. The number of thioether (sulfide) groups is 1. The number of aryl methyl sites for hydroxylation is 1. The molecule has 0 saturated carbocycles. The van der Waals surface area contributed by atoms with Gasteiger partial charge in [-0.15, -0.1) is 10.2 Å². The number of benzene rings is 1. The van der Waals surface area contributed by atoms with Gasteiger partial charge < -0.3 is 14.3 Å². The topological polar surface area (TPSA) is 110 Å². The van der Waals surface area contributed by atoms with Crippen molar-refractivity contribution in [3.05, 3.63) is 42.2 Å². The number of aromatic nitrogens is 3. The summed E-state index contributed by atoms with van der Waals surface area (Å²) in [6, 6.07) is 8.53. The molecule has 1 saturated heterocycles. The van der Waals surface area contributed by atoms with Gasteiger partial charge >= 0.3 is 0 Å². The van der Waals surface area contributed by atoms with Crippen molar-refractivity contribution in [2.45, 2.75) is 36.2 Å². The first-order chi connectivity index (χ1) is 15.4. The van der Waals surface area contributed by atoms with Gasteiger partial charge in [0.05, 0.1) is 16.9 Å². The maximum absolute atomic E-state index is 13.1. The van der Waals surface area contributed by atoms with Crippen LogP contribution in [0.15, 0.2) is 51.1 Å². The second-order valence-corrected chi connectivity index (χ2v) is 10.5. The van der Waals surface area contributed by atoms with E-state index >= 15 is 0 Å². The Hall–Kier alpha value is -2.63. The highest BCUT2D eigenvalue weighted by atomic mass is 32.2. The Kier molecular flexibility index (Phi) is 6.68. The molecule has 11 heteroatoms. The van der Waals surface area contributed by atoms with E-state index < -0.39 is 10.0 Å². The van der Waals surface area contributed by atoms with Crippen molar-refractivity contribution in [2.75, 3.05) is 24.2 Å². The first-order valence-corrected chi connectivity index (χ1v) is 12.8. The summed E-state index contributed by atoms with van der Waals surface area (Å²) in [5.74, 6) is 1.01. The maximum atomic E-state index is 13.1. The van der Waals surface area contributed by atoms with Gasteiger partial charge in [-0.2, -0.15) is 4.31 Å². The van der Waals surface area contributed by atoms with E-state index in [0.29, 0.717) is 41.1 Å². The van der Waals surface area contributed by atoms with Crippen LogP contribution in [0.1, 0.15) is 24.8 Å². The van der Waals surface area contributed by atoms with E-state index in [1.165, 1.54) is 16.1 Å². The second kappa shape index (κ2) is 9.47. The van der Waals surface area contributed by atoms with Crippen LogP contribution in [0.2, 0.25) is 0 Å². The average molecular weight is 476 g/mol. The third kappa shape index (κ3) is 4.74. The molecule has 3 heterocycles. The van der Waals surface area contributed by atoms with Crippen molar-refractivity contribution in [3.8, 4) is 11.6 Å². The maximum Gasteiger partial charge on any atom is 0.243 e. The number of anilines is 1. The van der Waals surface area contributed by atoms with Gasteiger partial charge in [-0.1, -0.05) is 24.2 Å². The Morgan fingerprint density at radius 1 is 1.19 bits per heavy atom. The molecule has 3 aromatic rings. The van der Waals surface area contributed by atoms with E-state index in [1.54, 1.807) is 55.1 Å². The van der Waals surface area contributed by atoms with Crippen LogP contribution in [-0.4, -0.2) is 52.2 Å². The first kappa shape index (κ1) is 22.6. The molecule has 2 aromatic heterocycles. The fraction of sp³-hybridized carbons (Fsp3) is 0.381. The number of hydrogen-bond donors (Lipinski definition) is 1. The number of rotatable bonds is 7. The van der Waals surface area contributed by atoms with Crippen molar-refractivity contribution >= 4 is 33.4 Å². The van der Waals surface area contributed by atoms with E-state index in [9.17, 15) is 13.2 Å². The molecular formula is C21H25N5O4S2. The highest BCUT2D eigenvalue weighted by molar-refractivity contribution is 7.99. The number of piperidine rings is 1. The molecule has 1 N–H and O–H groups in total. The van der Waals surface area contributed by atoms with Gasteiger partial charge in [0.2, 0.25) is 15.9 Å². The quantitative estimate of drug-likeness (QED) is 0.522. The summed E-state index contributed by atoms with van der Waals surface area (Å²) in [4.78, 5) is 12.7. The molecule has 32 heavy (non-hydrogen) atoms. The third-order valence-electron chi connectivity index (χ3n) is 5.31. The lowest BCUT2D eigenvalue weighted by Gasteiger charge is -2.26. The standard InChI is InChI=1S/C21H25N5O4S2/c1-15-8-9-16(13-18(15)32(28,29)26-10-4-3-5-11-26)22-19(27)14-31-21-24-23-20(25(21)2)17-7-6-12-30-17/h6-9,12-13H,3-5,10-11,14H2,1-2H3,(H,22,27). The van der Waals surface area contributed by atoms with Gasteiger partial charge in [0.1, 0.15) is 0 Å². The summed E-state index contributed by atoms with van der Waals surface area (Å²) < 4.78 is 34.8. The van der Waals surface area contributed by atoms with Gasteiger partial charge in [0, 0.05) is 25.8 Å². The highest BCUT2D eigenvalue weighted by Crippen LogP contribution is 2.27. The number of sulfonamides is 1. The van der Waals surface area contributed by atoms with Crippen LogP contribution in [0.25, 0.3) is 11.6 Å². The molecule has 1 aromatic carbocycles. The van der Waals surface area contributed by atoms with Crippen LogP contribution in [0.3, 0.4) is 0 Å². The minimum Gasteiger partial charge on any atom is -0.461 e. The van der Waals surface area contributed by atoms with E-state index in [1.807, 2.05) is 0 Å². The summed E-state index contributed by atoms with van der Waals surface area (Å²) >= 11 is 1.24. The molecule has 1 amide bonds. The molecule has 1 fully saturated rings. The Labute approximate surface area is 191 Å². The smallest absolute Gasteiger partial charge is 0.243 e. The van der Waals surface area contributed by atoms with Crippen LogP contribution in [0.4, 0.5) is 5.69 Å². The Morgan fingerprint density at radius 2 is 1.97 bits per heavy atom. The van der Waals surface area contributed by atoms with E-state index in [0.717, 1.165) is 19.3 Å². The highest BCUT2D eigenvalue weighted by Gasteiger charge is 2.27. The van der Waals surface area contributed by atoms with Crippen molar-refractivity contribution in [1.29, 1.82) is 0 Å². The van der Waals surface area contributed by atoms with Gasteiger partial charge in [-0.25, -0.2) is 8.42 Å². The molecule has 0 aliphatic carbocycles. The number of carbonyl (C=O) groups excluding carboxylic acids is 1. The van der Waals surface area contributed by atoms with Crippen molar-refractivity contribution in [2.24, 2.45) is 7.05 Å². The normalized spacial score (nSPS) is 15.1. The van der Waals surface area contributed by atoms with Crippen LogP contribution in [0, 0.1) is 6.92 Å². The fourth-order valence-corrected chi connectivity index (χ4v) is 6.07. The molecule has 1 aliphatic heterocycles. The lowest BCUT2D eigenvalue weighted by atomic mass is 10.2. The van der Waals surface area contributed by atoms with Crippen LogP contribution in [0.5, 0.6) is 0 Å². The Balaban J connectivity index is 1.42. The third-order valence-corrected chi connectivity index (χ3v) is 8.37. The largest absolute Gasteiger partial charge is 0.461 e. The van der Waals surface area contributed by atoms with E-state index in [4.69, 9.17) is 4.42 Å². The zero-order valence-electron chi connectivity index (χ0n) is 17.9. The minimum atomic E-state index is -3.58. The number of amides is 1. The van der Waals surface area contributed by atoms with Gasteiger partial charge in [-0.05, 0) is 49.6 Å². The molecule has 1 aliphatic rings. The molecule has 170 valence electrons. The number of nitrogens with zero attached hydrogens (tertiary/aromatic N) is 4. The molecule has 0 bridgehead atoms. The van der Waals surface area contributed by atoms with Crippen molar-refractivity contribution in [1.82, 2.24) is 19.1 Å². The van der Waals surface area contributed by atoms with Crippen LogP contribution < -0.4 is 5.32 Å². The number of hydrogen-bond acceptors (Lipinski definition) is 7. The molecule has 9 nitrogen and oxygen atoms in total. The average Bonchev–Trinajstić information content (AvgIpc) is 3.44. The monoisotopic (exact) mass is 475 g/mol. The van der Waals surface area contributed by atoms with Crippen LogP contribution in [-0.2, 0) is 21.9 Å². The predicted octanol–water partition coefficient (Wildman–Crippen LogP) is 3.29. The summed E-state index contributed by atoms with van der Waals surface area (Å²) in [6.07, 6.45) is 4.35. The minimum absolute atomic E-state index is 0.103. The van der Waals surface area contributed by atoms with Crippen molar-refractivity contribution < 1.29 is 17.6 Å². The fourth-order valence-electron chi connectivity index (χ4n) is 3.59. The zero-order valence-corrected chi connectivity index (χ0v) is 19.6.